The quantitative estimate of drug-likeness (QED) is 0.207. The number of carbonyl (C=O) groups is 2. The number of hydrogen-bond acceptors (Lipinski definition) is 9. The van der Waals surface area contributed by atoms with Crippen LogP contribution in [-0.4, -0.2) is 53.5 Å². The summed E-state index contributed by atoms with van der Waals surface area (Å²) in [4.78, 5) is 27.8. The van der Waals surface area contributed by atoms with Gasteiger partial charge >= 0.3 is 5.97 Å². The van der Waals surface area contributed by atoms with Gasteiger partial charge < -0.3 is 4.74 Å². The first-order valence-electron chi connectivity index (χ1n) is 8.64. The second-order valence-electron chi connectivity index (χ2n) is 5.66. The largest absolute Gasteiger partial charge is 0.461 e. The molecule has 4 aromatic heterocycles. The normalized spacial score (nSPS) is 10.5. The van der Waals surface area contributed by atoms with Crippen molar-refractivity contribution in [2.24, 2.45) is 0 Å². The minimum Gasteiger partial charge on any atom is -0.461 e. The van der Waals surface area contributed by atoms with Crippen LogP contribution in [0.4, 0.5) is 0 Å². The van der Waals surface area contributed by atoms with Gasteiger partial charge in [0.25, 0.3) is 0 Å². The van der Waals surface area contributed by atoms with Crippen LogP contribution in [0.15, 0.2) is 35.8 Å². The minimum atomic E-state index is -0.370. The molecular formula is C18H13BrCl2N6O3S. The lowest BCUT2D eigenvalue weighted by Gasteiger charge is -1.99. The van der Waals surface area contributed by atoms with Crippen LogP contribution in [0.5, 0.6) is 0 Å². The number of ketones is 1. The standard InChI is InChI=1S/C12H9ClN4O2S.C6H4BrClN2O/c1-2-19-11(18)9-6-20-12-14-8(5-17(9)12)7-3-4-10(13)16-15-7;7-3-5(11)4-1-2-6(8)10-9-4/h3-6H,2H2,1H3;1-2H,3H2. The summed E-state index contributed by atoms with van der Waals surface area (Å²) >= 11 is 15.5. The number of nitrogens with zero attached hydrogens (tertiary/aromatic N) is 6. The first-order valence-corrected chi connectivity index (χ1v) is 11.4. The number of hydrogen-bond donors (Lipinski definition) is 0. The van der Waals surface area contributed by atoms with Gasteiger partial charge in [0.2, 0.25) is 0 Å². The Kier molecular flexibility index (Phi) is 8.02. The van der Waals surface area contributed by atoms with Crippen molar-refractivity contribution >= 4 is 67.2 Å². The average Bonchev–Trinajstić information content (AvgIpc) is 3.36. The number of halogens is 3. The third-order valence-electron chi connectivity index (χ3n) is 3.63. The molecule has 0 aromatic carbocycles. The molecule has 0 N–H and O–H groups in total. The van der Waals surface area contributed by atoms with Crippen molar-refractivity contribution in [3.63, 3.8) is 0 Å². The SMILES string of the molecule is CCOC(=O)c1csc2nc(-c3ccc(Cl)nn3)cn12.O=C(CBr)c1ccc(Cl)nn1. The Hall–Kier alpha value is -2.47. The van der Waals surface area contributed by atoms with Crippen molar-refractivity contribution in [2.75, 3.05) is 11.9 Å². The fourth-order valence-corrected chi connectivity index (χ4v) is 3.58. The fourth-order valence-electron chi connectivity index (χ4n) is 2.24. The average molecular weight is 544 g/mol. The van der Waals surface area contributed by atoms with E-state index < -0.39 is 0 Å². The summed E-state index contributed by atoms with van der Waals surface area (Å²) in [5.41, 5.74) is 2.01. The van der Waals surface area contributed by atoms with Crippen LogP contribution in [0, 0.1) is 0 Å². The topological polar surface area (TPSA) is 112 Å². The predicted molar refractivity (Wildman–Crippen MR) is 120 cm³/mol. The maximum atomic E-state index is 11.8. The third-order valence-corrected chi connectivity index (χ3v) is 5.38. The molecule has 4 aromatic rings. The summed E-state index contributed by atoms with van der Waals surface area (Å²) in [6, 6.07) is 6.44. The van der Waals surface area contributed by atoms with E-state index >= 15 is 0 Å². The van der Waals surface area contributed by atoms with E-state index in [-0.39, 0.29) is 22.2 Å². The van der Waals surface area contributed by atoms with Gasteiger partial charge in [0.1, 0.15) is 22.8 Å². The van der Waals surface area contributed by atoms with E-state index in [1.807, 2.05) is 0 Å². The van der Waals surface area contributed by atoms with Gasteiger partial charge in [-0.3, -0.25) is 9.20 Å². The number of aromatic nitrogens is 6. The highest BCUT2D eigenvalue weighted by Crippen LogP contribution is 2.23. The van der Waals surface area contributed by atoms with Crippen molar-refractivity contribution in [1.82, 2.24) is 29.8 Å². The lowest BCUT2D eigenvalue weighted by Crippen LogP contribution is -2.06. The number of Topliss-reactive ketones (excluding diaryl/α,β-unsaturated/α-hetero) is 1. The first kappa shape index (κ1) is 23.2. The van der Waals surface area contributed by atoms with Crippen LogP contribution >= 0.6 is 50.5 Å². The molecule has 0 aliphatic heterocycles. The summed E-state index contributed by atoms with van der Waals surface area (Å²) in [5, 5.41) is 17.4. The zero-order valence-corrected chi connectivity index (χ0v) is 19.7. The molecule has 0 amide bonds. The number of imidazole rings is 1. The molecule has 0 unspecified atom stereocenters. The lowest BCUT2D eigenvalue weighted by atomic mass is 10.3. The predicted octanol–water partition coefficient (Wildman–Crippen LogP) is 4.39. The van der Waals surface area contributed by atoms with Crippen molar-refractivity contribution < 1.29 is 14.3 Å². The van der Waals surface area contributed by atoms with Crippen LogP contribution in [-0.2, 0) is 4.74 Å². The van der Waals surface area contributed by atoms with Gasteiger partial charge in [-0.15, -0.1) is 31.7 Å². The molecular weight excluding hydrogens is 531 g/mol. The Morgan fingerprint density at radius 2 is 1.77 bits per heavy atom. The van der Waals surface area contributed by atoms with Gasteiger partial charge in [-0.05, 0) is 31.2 Å². The van der Waals surface area contributed by atoms with Gasteiger partial charge in [0.05, 0.1) is 11.9 Å². The molecule has 0 atom stereocenters. The van der Waals surface area contributed by atoms with E-state index in [2.05, 4.69) is 41.3 Å². The molecule has 4 heterocycles. The van der Waals surface area contributed by atoms with Gasteiger partial charge in [0.15, 0.2) is 21.1 Å². The maximum absolute atomic E-state index is 11.8. The Bertz CT molecular complexity index is 1200. The van der Waals surface area contributed by atoms with Crippen molar-refractivity contribution in [3.8, 4) is 11.4 Å². The highest BCUT2D eigenvalue weighted by molar-refractivity contribution is 9.09. The van der Waals surface area contributed by atoms with E-state index in [4.69, 9.17) is 27.9 Å². The van der Waals surface area contributed by atoms with Crippen LogP contribution in [0.2, 0.25) is 10.3 Å². The van der Waals surface area contributed by atoms with Crippen molar-refractivity contribution in [2.45, 2.75) is 6.92 Å². The zero-order chi connectivity index (χ0) is 22.4. The van der Waals surface area contributed by atoms with E-state index in [9.17, 15) is 9.59 Å². The van der Waals surface area contributed by atoms with E-state index in [0.717, 1.165) is 0 Å². The van der Waals surface area contributed by atoms with Gasteiger partial charge in [-0.1, -0.05) is 39.1 Å². The van der Waals surface area contributed by atoms with Crippen LogP contribution in [0.1, 0.15) is 27.9 Å². The Morgan fingerprint density at radius 1 is 1.06 bits per heavy atom. The molecule has 4 rings (SSSR count). The molecule has 9 nitrogen and oxygen atoms in total. The maximum Gasteiger partial charge on any atom is 0.356 e. The van der Waals surface area contributed by atoms with Crippen molar-refractivity contribution in [3.05, 3.63) is 57.5 Å². The summed E-state index contributed by atoms with van der Waals surface area (Å²) < 4.78 is 6.69. The summed E-state index contributed by atoms with van der Waals surface area (Å²) in [5.74, 6) is -0.473. The van der Waals surface area contributed by atoms with Gasteiger partial charge in [-0.2, -0.15) is 0 Å². The zero-order valence-electron chi connectivity index (χ0n) is 15.8. The summed E-state index contributed by atoms with van der Waals surface area (Å²) in [7, 11) is 0. The van der Waals surface area contributed by atoms with E-state index in [0.29, 0.717) is 39.5 Å². The van der Waals surface area contributed by atoms with Gasteiger partial charge in [-0.25, -0.2) is 9.78 Å². The molecule has 0 aliphatic rings. The molecule has 0 spiro atoms. The number of thiazole rings is 1. The number of alkyl halides is 1. The molecule has 31 heavy (non-hydrogen) atoms. The second kappa shape index (κ2) is 10.7. The molecule has 0 bridgehead atoms. The first-order chi connectivity index (χ1) is 14.9. The van der Waals surface area contributed by atoms with Crippen molar-refractivity contribution in [1.29, 1.82) is 0 Å². The molecule has 0 saturated heterocycles. The molecule has 0 radical (unpaired) electrons. The highest BCUT2D eigenvalue weighted by Gasteiger charge is 2.16. The third kappa shape index (κ3) is 5.82. The molecule has 0 fully saturated rings. The van der Waals surface area contributed by atoms with Gasteiger partial charge in [0, 0.05) is 11.6 Å². The van der Waals surface area contributed by atoms with E-state index in [1.165, 1.54) is 17.4 Å². The molecule has 0 aliphatic carbocycles. The monoisotopic (exact) mass is 542 g/mol. The number of esters is 1. The molecule has 160 valence electrons. The smallest absolute Gasteiger partial charge is 0.356 e. The second-order valence-corrected chi connectivity index (χ2v) is 7.83. The Morgan fingerprint density at radius 3 is 2.35 bits per heavy atom. The molecule has 0 saturated carbocycles. The minimum absolute atomic E-state index is 0.103. The Labute approximate surface area is 198 Å². The molecule has 13 heteroatoms. The number of fused-ring (bicyclic) bond motifs is 1. The van der Waals surface area contributed by atoms with E-state index in [1.54, 1.807) is 41.1 Å². The Balaban J connectivity index is 0.000000210. The fraction of sp³-hybridized carbons (Fsp3) is 0.167. The lowest BCUT2D eigenvalue weighted by molar-refractivity contribution is 0.0518. The number of carbonyl (C=O) groups excluding carboxylic acids is 2. The van der Waals surface area contributed by atoms with Crippen LogP contribution in [0.3, 0.4) is 0 Å². The summed E-state index contributed by atoms with van der Waals surface area (Å²) in [6.07, 6.45) is 1.73. The van der Waals surface area contributed by atoms with Crippen LogP contribution < -0.4 is 0 Å². The number of ether oxygens (including phenoxy) is 1. The highest BCUT2D eigenvalue weighted by atomic mass is 79.9. The van der Waals surface area contributed by atoms with Crippen LogP contribution in [0.25, 0.3) is 16.3 Å². The summed E-state index contributed by atoms with van der Waals surface area (Å²) in [6.45, 7) is 2.10. The number of rotatable bonds is 5.